The summed E-state index contributed by atoms with van der Waals surface area (Å²) in [6.45, 7) is 0. The zero-order chi connectivity index (χ0) is 13.2. The van der Waals surface area contributed by atoms with E-state index in [4.69, 9.17) is 11.5 Å². The van der Waals surface area contributed by atoms with E-state index in [0.717, 1.165) is 18.4 Å². The van der Waals surface area contributed by atoms with Crippen molar-refractivity contribution in [1.29, 1.82) is 0 Å². The van der Waals surface area contributed by atoms with Crippen molar-refractivity contribution in [2.75, 3.05) is 0 Å². The number of aromatic nitrogens is 1. The summed E-state index contributed by atoms with van der Waals surface area (Å²) >= 11 is 0. The van der Waals surface area contributed by atoms with Crippen molar-refractivity contribution in [1.82, 2.24) is 4.98 Å². The van der Waals surface area contributed by atoms with Crippen LogP contribution in [0.1, 0.15) is 12.0 Å². The standard InChI is InChI=1S/C16H17N3.HI/c17-15(18)9-8-11-5-3-7-14-16(11)13-6-2-1-4-12(13)10-19-14;/h1-7,10,15H,8-9,17-18H2;1H. The van der Waals surface area contributed by atoms with Crippen LogP contribution in [0, 0.1) is 0 Å². The minimum absolute atomic E-state index is 0. The Morgan fingerprint density at radius 1 is 1.00 bits per heavy atom. The minimum Gasteiger partial charge on any atom is -0.316 e. The fraction of sp³-hybridized carbons (Fsp3) is 0.188. The summed E-state index contributed by atoms with van der Waals surface area (Å²) in [6.07, 6.45) is 3.32. The normalized spacial score (nSPS) is 10.9. The van der Waals surface area contributed by atoms with Crippen LogP contribution in [-0.2, 0) is 6.42 Å². The first-order valence-electron chi connectivity index (χ1n) is 6.52. The average Bonchev–Trinajstić information content (AvgIpc) is 2.44. The molecule has 4 N–H and O–H groups in total. The van der Waals surface area contributed by atoms with Crippen LogP contribution in [0.15, 0.2) is 48.7 Å². The maximum Gasteiger partial charge on any atom is 0.0711 e. The summed E-state index contributed by atoms with van der Waals surface area (Å²) in [6, 6.07) is 14.6. The molecule has 4 heteroatoms. The molecule has 0 atom stereocenters. The second kappa shape index (κ2) is 6.47. The molecule has 0 saturated carbocycles. The molecule has 0 fully saturated rings. The molecule has 0 bridgehead atoms. The van der Waals surface area contributed by atoms with Gasteiger partial charge in [-0.15, -0.1) is 24.0 Å². The van der Waals surface area contributed by atoms with Gasteiger partial charge in [0, 0.05) is 17.0 Å². The summed E-state index contributed by atoms with van der Waals surface area (Å²) in [5, 5.41) is 3.63. The third kappa shape index (κ3) is 2.92. The summed E-state index contributed by atoms with van der Waals surface area (Å²) in [5.41, 5.74) is 13.6. The van der Waals surface area contributed by atoms with Crippen molar-refractivity contribution >= 4 is 45.7 Å². The van der Waals surface area contributed by atoms with E-state index in [-0.39, 0.29) is 30.1 Å². The number of hydrogen-bond donors (Lipinski definition) is 2. The van der Waals surface area contributed by atoms with Gasteiger partial charge in [0.25, 0.3) is 0 Å². The summed E-state index contributed by atoms with van der Waals surface area (Å²) in [7, 11) is 0. The Morgan fingerprint density at radius 3 is 2.60 bits per heavy atom. The van der Waals surface area contributed by atoms with Gasteiger partial charge >= 0.3 is 0 Å². The molecule has 0 saturated heterocycles. The molecule has 1 heterocycles. The topological polar surface area (TPSA) is 64.9 Å². The lowest BCUT2D eigenvalue weighted by molar-refractivity contribution is 0.640. The van der Waals surface area contributed by atoms with Crippen molar-refractivity contribution in [3.05, 3.63) is 54.2 Å². The molecule has 3 nitrogen and oxygen atoms in total. The maximum absolute atomic E-state index is 5.66. The van der Waals surface area contributed by atoms with Gasteiger partial charge in [-0.2, -0.15) is 0 Å². The Balaban J connectivity index is 0.00000147. The average molecular weight is 379 g/mol. The largest absolute Gasteiger partial charge is 0.316 e. The molecule has 0 aliphatic heterocycles. The fourth-order valence-corrected chi connectivity index (χ4v) is 2.51. The highest BCUT2D eigenvalue weighted by Crippen LogP contribution is 2.27. The lowest BCUT2D eigenvalue weighted by atomic mass is 9.98. The van der Waals surface area contributed by atoms with Crippen LogP contribution in [0.2, 0.25) is 0 Å². The molecule has 0 aliphatic carbocycles. The predicted molar refractivity (Wildman–Crippen MR) is 95.1 cm³/mol. The Kier molecular flexibility index (Phi) is 4.91. The van der Waals surface area contributed by atoms with Gasteiger partial charge in [-0.3, -0.25) is 4.98 Å². The van der Waals surface area contributed by atoms with Crippen LogP contribution in [0.4, 0.5) is 0 Å². The van der Waals surface area contributed by atoms with Crippen LogP contribution >= 0.6 is 24.0 Å². The van der Waals surface area contributed by atoms with Crippen molar-refractivity contribution in [3.63, 3.8) is 0 Å². The highest BCUT2D eigenvalue weighted by atomic mass is 127. The van der Waals surface area contributed by atoms with Gasteiger partial charge in [0.15, 0.2) is 0 Å². The van der Waals surface area contributed by atoms with Crippen LogP contribution in [0.25, 0.3) is 21.7 Å². The SMILES string of the molecule is I.NC(N)CCc1cccc2ncc3ccccc3c12. The molecule has 3 rings (SSSR count). The van der Waals surface area contributed by atoms with Gasteiger partial charge < -0.3 is 11.5 Å². The Labute approximate surface area is 135 Å². The van der Waals surface area contributed by atoms with Gasteiger partial charge in [-0.05, 0) is 29.9 Å². The van der Waals surface area contributed by atoms with Crippen molar-refractivity contribution < 1.29 is 0 Å². The molecule has 0 unspecified atom stereocenters. The molecule has 0 radical (unpaired) electrons. The summed E-state index contributed by atoms with van der Waals surface area (Å²) in [4.78, 5) is 4.53. The first-order chi connectivity index (χ1) is 9.25. The zero-order valence-corrected chi connectivity index (χ0v) is 13.5. The second-order valence-electron chi connectivity index (χ2n) is 4.86. The molecule has 2 aromatic carbocycles. The van der Waals surface area contributed by atoms with Gasteiger partial charge in [-0.1, -0.05) is 36.4 Å². The fourth-order valence-electron chi connectivity index (χ4n) is 2.51. The van der Waals surface area contributed by atoms with Gasteiger partial charge in [-0.25, -0.2) is 0 Å². The number of rotatable bonds is 3. The number of halogens is 1. The second-order valence-corrected chi connectivity index (χ2v) is 4.86. The third-order valence-electron chi connectivity index (χ3n) is 3.45. The number of pyridine rings is 1. The Morgan fingerprint density at radius 2 is 1.80 bits per heavy atom. The van der Waals surface area contributed by atoms with E-state index >= 15 is 0 Å². The highest BCUT2D eigenvalue weighted by molar-refractivity contribution is 14.0. The summed E-state index contributed by atoms with van der Waals surface area (Å²) in [5.74, 6) is 0. The molecule has 20 heavy (non-hydrogen) atoms. The number of fused-ring (bicyclic) bond motifs is 3. The molecular weight excluding hydrogens is 361 g/mol. The molecular formula is C16H18IN3. The number of benzene rings is 2. The molecule has 3 aromatic rings. The van der Waals surface area contributed by atoms with E-state index in [2.05, 4.69) is 29.2 Å². The third-order valence-corrected chi connectivity index (χ3v) is 3.45. The lowest BCUT2D eigenvalue weighted by Crippen LogP contribution is -2.30. The van der Waals surface area contributed by atoms with E-state index in [9.17, 15) is 0 Å². The first kappa shape index (κ1) is 15.2. The molecule has 0 aliphatic rings. The number of nitrogens with two attached hydrogens (primary N) is 2. The van der Waals surface area contributed by atoms with Crippen molar-refractivity contribution in [3.8, 4) is 0 Å². The lowest BCUT2D eigenvalue weighted by Gasteiger charge is -2.10. The van der Waals surface area contributed by atoms with E-state index in [1.165, 1.54) is 21.7 Å². The van der Waals surface area contributed by atoms with Crippen LogP contribution in [0.3, 0.4) is 0 Å². The van der Waals surface area contributed by atoms with E-state index in [1.807, 2.05) is 24.4 Å². The molecule has 1 aromatic heterocycles. The minimum atomic E-state index is -0.266. The van der Waals surface area contributed by atoms with Crippen molar-refractivity contribution in [2.45, 2.75) is 19.0 Å². The number of hydrogen-bond acceptors (Lipinski definition) is 3. The monoisotopic (exact) mass is 379 g/mol. The molecule has 0 spiro atoms. The van der Waals surface area contributed by atoms with E-state index in [0.29, 0.717) is 0 Å². The first-order valence-corrected chi connectivity index (χ1v) is 6.52. The quantitative estimate of drug-likeness (QED) is 0.417. The summed E-state index contributed by atoms with van der Waals surface area (Å²) < 4.78 is 0. The predicted octanol–water partition coefficient (Wildman–Crippen LogP) is 3.18. The van der Waals surface area contributed by atoms with Crippen LogP contribution < -0.4 is 11.5 Å². The Hall–Kier alpha value is -1.24. The maximum atomic E-state index is 5.66. The van der Waals surface area contributed by atoms with Crippen LogP contribution in [0.5, 0.6) is 0 Å². The zero-order valence-electron chi connectivity index (χ0n) is 11.1. The van der Waals surface area contributed by atoms with Gasteiger partial charge in [0.05, 0.1) is 11.7 Å². The van der Waals surface area contributed by atoms with Crippen molar-refractivity contribution in [2.24, 2.45) is 11.5 Å². The molecule has 104 valence electrons. The smallest absolute Gasteiger partial charge is 0.0711 e. The van der Waals surface area contributed by atoms with Crippen LogP contribution in [-0.4, -0.2) is 11.1 Å². The van der Waals surface area contributed by atoms with Gasteiger partial charge in [0.2, 0.25) is 0 Å². The van der Waals surface area contributed by atoms with Gasteiger partial charge in [0.1, 0.15) is 0 Å². The highest BCUT2D eigenvalue weighted by Gasteiger charge is 2.07. The number of nitrogens with zero attached hydrogens (tertiary/aromatic N) is 1. The van der Waals surface area contributed by atoms with E-state index in [1.54, 1.807) is 0 Å². The molecule has 0 amide bonds. The Bertz CT molecular complexity index is 725. The number of aryl methyl sites for hydroxylation is 1. The van der Waals surface area contributed by atoms with E-state index < -0.39 is 0 Å².